The van der Waals surface area contributed by atoms with Crippen LogP contribution in [0.15, 0.2) is 30.3 Å². The van der Waals surface area contributed by atoms with Gasteiger partial charge in [0.2, 0.25) is 11.8 Å². The minimum Gasteiger partial charge on any atom is -0.464 e. The number of hydrogen-bond donors (Lipinski definition) is 0. The number of carbonyl (C=O) groups excluding carboxylic acids is 3. The number of amides is 2. The van der Waals surface area contributed by atoms with E-state index in [1.54, 1.807) is 30.3 Å². The number of imide groups is 1. The van der Waals surface area contributed by atoms with E-state index in [4.69, 9.17) is 0 Å². The molecule has 122 valence electrons. The summed E-state index contributed by atoms with van der Waals surface area (Å²) in [5.74, 6) is -3.81. The molecule has 8 nitrogen and oxygen atoms in total. The van der Waals surface area contributed by atoms with Gasteiger partial charge in [-0.2, -0.15) is 0 Å². The fraction of sp³-hybridized carbons (Fsp3) is 0.400. The Morgan fingerprint density at radius 3 is 2.43 bits per heavy atom. The number of hydrogen-bond acceptors (Lipinski definition) is 6. The first-order chi connectivity index (χ1) is 10.8. The molecule has 1 aromatic carbocycles. The van der Waals surface area contributed by atoms with Crippen molar-refractivity contribution in [1.82, 2.24) is 4.90 Å². The van der Waals surface area contributed by atoms with E-state index in [1.807, 2.05) is 0 Å². The number of nitrogens with zero attached hydrogens (tertiary/aromatic N) is 2. The number of ether oxygens (including phenoxy) is 1. The first kappa shape index (κ1) is 16.6. The molecule has 0 aromatic heterocycles. The number of benzene rings is 1. The van der Waals surface area contributed by atoms with Gasteiger partial charge in [-0.05, 0) is 5.56 Å². The van der Waals surface area contributed by atoms with Crippen molar-refractivity contribution in [3.63, 3.8) is 0 Å². The third kappa shape index (κ3) is 2.67. The molecule has 0 bridgehead atoms. The van der Waals surface area contributed by atoms with Gasteiger partial charge in [0.15, 0.2) is 0 Å². The van der Waals surface area contributed by atoms with E-state index in [9.17, 15) is 24.5 Å². The summed E-state index contributed by atoms with van der Waals surface area (Å²) < 4.78 is 4.62. The van der Waals surface area contributed by atoms with Crippen molar-refractivity contribution < 1.29 is 24.0 Å². The summed E-state index contributed by atoms with van der Waals surface area (Å²) in [5.41, 5.74) is -1.82. The summed E-state index contributed by atoms with van der Waals surface area (Å²) in [7, 11) is 2.27. The minimum absolute atomic E-state index is 0.328. The van der Waals surface area contributed by atoms with Gasteiger partial charge in [0, 0.05) is 18.4 Å². The Morgan fingerprint density at radius 1 is 1.39 bits per heavy atom. The van der Waals surface area contributed by atoms with Gasteiger partial charge in [0.1, 0.15) is 5.92 Å². The van der Waals surface area contributed by atoms with Gasteiger partial charge in [-0.1, -0.05) is 30.3 Å². The van der Waals surface area contributed by atoms with Gasteiger partial charge >= 0.3 is 11.5 Å². The first-order valence-electron chi connectivity index (χ1n) is 6.91. The van der Waals surface area contributed by atoms with Crippen LogP contribution in [0.5, 0.6) is 0 Å². The van der Waals surface area contributed by atoms with Crippen molar-refractivity contribution >= 4 is 17.8 Å². The molecule has 2 amide bonds. The van der Waals surface area contributed by atoms with Gasteiger partial charge in [-0.3, -0.25) is 24.6 Å². The molecule has 1 aromatic rings. The lowest BCUT2D eigenvalue weighted by Crippen LogP contribution is -2.57. The highest BCUT2D eigenvalue weighted by Gasteiger charge is 2.65. The number of nitro groups is 1. The van der Waals surface area contributed by atoms with Crippen LogP contribution in [0.2, 0.25) is 0 Å². The molecule has 0 unspecified atom stereocenters. The monoisotopic (exact) mass is 320 g/mol. The molecule has 1 aliphatic rings. The van der Waals surface area contributed by atoms with E-state index in [0.717, 1.165) is 12.0 Å². The van der Waals surface area contributed by atoms with Crippen molar-refractivity contribution in [3.8, 4) is 0 Å². The largest absolute Gasteiger partial charge is 0.464 e. The predicted octanol–water partition coefficient (Wildman–Crippen LogP) is 0.422. The zero-order valence-corrected chi connectivity index (χ0v) is 12.7. The Kier molecular flexibility index (Phi) is 4.44. The lowest BCUT2D eigenvalue weighted by Gasteiger charge is -2.26. The van der Waals surface area contributed by atoms with E-state index >= 15 is 0 Å². The Labute approximate surface area is 132 Å². The quantitative estimate of drug-likeness (QED) is 0.337. The summed E-state index contributed by atoms with van der Waals surface area (Å²) in [6.07, 6.45) is -0.719. The lowest BCUT2D eigenvalue weighted by atomic mass is 9.78. The van der Waals surface area contributed by atoms with E-state index in [-0.39, 0.29) is 6.42 Å². The van der Waals surface area contributed by atoms with Crippen LogP contribution in [0.3, 0.4) is 0 Å². The summed E-state index contributed by atoms with van der Waals surface area (Å²) in [4.78, 5) is 48.1. The summed E-state index contributed by atoms with van der Waals surface area (Å²) >= 11 is 0. The zero-order valence-electron chi connectivity index (χ0n) is 12.7. The molecular formula is C15H16N2O6. The Hall–Kier alpha value is -2.77. The highest BCUT2D eigenvalue weighted by molar-refractivity contribution is 6.06. The highest BCUT2D eigenvalue weighted by atomic mass is 16.6. The SMILES string of the molecule is COC(=O)[C@](Cc1ccccc1)([C@@H]1CC(=O)N(C)C1=O)[N+](=O)[O-]. The van der Waals surface area contributed by atoms with Crippen LogP contribution >= 0.6 is 0 Å². The molecule has 0 saturated carbocycles. The van der Waals surface area contributed by atoms with Gasteiger partial charge in [-0.25, -0.2) is 4.79 Å². The normalized spacial score (nSPS) is 20.3. The number of likely N-dealkylation sites (tertiary alicyclic amines) is 1. The van der Waals surface area contributed by atoms with Crippen LogP contribution in [-0.4, -0.2) is 47.3 Å². The lowest BCUT2D eigenvalue weighted by molar-refractivity contribution is -0.562. The van der Waals surface area contributed by atoms with Gasteiger partial charge in [0.05, 0.1) is 13.5 Å². The van der Waals surface area contributed by atoms with Crippen LogP contribution in [0.25, 0.3) is 0 Å². The van der Waals surface area contributed by atoms with E-state index < -0.39 is 40.6 Å². The predicted molar refractivity (Wildman–Crippen MR) is 77.8 cm³/mol. The molecule has 0 spiro atoms. The van der Waals surface area contributed by atoms with Crippen LogP contribution in [-0.2, 0) is 25.5 Å². The van der Waals surface area contributed by atoms with Crippen LogP contribution in [0.4, 0.5) is 0 Å². The number of methoxy groups -OCH3 is 1. The van der Waals surface area contributed by atoms with Crippen LogP contribution in [0.1, 0.15) is 12.0 Å². The van der Waals surface area contributed by atoms with Crippen molar-refractivity contribution in [3.05, 3.63) is 46.0 Å². The molecule has 1 saturated heterocycles. The molecule has 1 fully saturated rings. The molecule has 23 heavy (non-hydrogen) atoms. The molecule has 2 rings (SSSR count). The second-order valence-electron chi connectivity index (χ2n) is 5.38. The summed E-state index contributed by atoms with van der Waals surface area (Å²) in [6.45, 7) is 0. The van der Waals surface area contributed by atoms with Crippen LogP contribution in [0, 0.1) is 16.0 Å². The molecule has 0 radical (unpaired) electrons. The van der Waals surface area contributed by atoms with Crippen molar-refractivity contribution in [1.29, 1.82) is 0 Å². The Morgan fingerprint density at radius 2 is 2.00 bits per heavy atom. The number of rotatable bonds is 5. The summed E-state index contributed by atoms with van der Waals surface area (Å²) in [5, 5.41) is 11.8. The average molecular weight is 320 g/mol. The van der Waals surface area contributed by atoms with Crippen molar-refractivity contribution in [2.75, 3.05) is 14.2 Å². The smallest absolute Gasteiger partial charge is 0.385 e. The fourth-order valence-corrected chi connectivity index (χ4v) is 2.82. The molecule has 8 heteroatoms. The van der Waals surface area contributed by atoms with E-state index in [0.29, 0.717) is 5.56 Å². The molecular weight excluding hydrogens is 304 g/mol. The topological polar surface area (TPSA) is 107 Å². The van der Waals surface area contributed by atoms with Gasteiger partial charge in [0.25, 0.3) is 0 Å². The van der Waals surface area contributed by atoms with Gasteiger partial charge < -0.3 is 4.74 Å². The molecule has 0 aliphatic carbocycles. The molecule has 1 heterocycles. The van der Waals surface area contributed by atoms with Crippen molar-refractivity contribution in [2.24, 2.45) is 5.92 Å². The second kappa shape index (κ2) is 6.15. The van der Waals surface area contributed by atoms with E-state index in [2.05, 4.69) is 4.74 Å². The second-order valence-corrected chi connectivity index (χ2v) is 5.38. The third-order valence-electron chi connectivity index (χ3n) is 4.14. The number of carbonyl (C=O) groups is 3. The highest BCUT2D eigenvalue weighted by Crippen LogP contribution is 2.35. The fourth-order valence-electron chi connectivity index (χ4n) is 2.82. The number of esters is 1. The average Bonchev–Trinajstić information content (AvgIpc) is 2.80. The molecule has 0 N–H and O–H groups in total. The van der Waals surface area contributed by atoms with Crippen LogP contribution < -0.4 is 0 Å². The standard InChI is InChI=1S/C15H16N2O6/c1-16-12(18)8-11(13(16)19)15(17(21)22,14(20)23-2)9-10-6-4-3-5-7-10/h3-7,11H,8-9H2,1-2H3/t11-,15+/m1/s1. The Bertz CT molecular complexity index is 659. The third-order valence-corrected chi connectivity index (χ3v) is 4.14. The minimum atomic E-state index is -2.33. The maximum atomic E-state index is 12.3. The van der Waals surface area contributed by atoms with Crippen molar-refractivity contribution in [2.45, 2.75) is 18.4 Å². The Balaban J connectivity index is 2.54. The maximum absolute atomic E-state index is 12.3. The summed E-state index contributed by atoms with van der Waals surface area (Å²) in [6, 6.07) is 8.31. The molecule has 2 atom stereocenters. The van der Waals surface area contributed by atoms with E-state index in [1.165, 1.54) is 7.05 Å². The first-order valence-corrected chi connectivity index (χ1v) is 6.91. The van der Waals surface area contributed by atoms with Gasteiger partial charge in [-0.15, -0.1) is 0 Å². The molecule has 1 aliphatic heterocycles. The maximum Gasteiger partial charge on any atom is 0.385 e. The zero-order chi connectivity index (χ0) is 17.2.